The fourth-order valence-electron chi connectivity index (χ4n) is 1.26. The van der Waals surface area contributed by atoms with Crippen LogP contribution in [0.4, 0.5) is 14.9 Å². The second-order valence-corrected chi connectivity index (χ2v) is 7.23. The number of aromatic nitrogens is 2. The molecule has 10 heteroatoms. The lowest BCUT2D eigenvalue weighted by atomic mass is 10.5. The third kappa shape index (κ3) is 4.69. The van der Waals surface area contributed by atoms with Crippen LogP contribution in [0.3, 0.4) is 0 Å². The molecule has 0 fully saturated rings. The zero-order chi connectivity index (χ0) is 15.2. The molecule has 2 aromatic heterocycles. The number of thioether (sulfide) groups is 1. The fourth-order valence-corrected chi connectivity index (χ4v) is 3.79. The van der Waals surface area contributed by atoms with Gasteiger partial charge in [-0.15, -0.1) is 21.5 Å². The highest BCUT2D eigenvalue weighted by Gasteiger charge is 2.18. The normalized spacial score (nSPS) is 11.7. The number of hydrogen-bond acceptors (Lipinski definition) is 8. The van der Waals surface area contributed by atoms with Crippen LogP contribution >= 0.6 is 34.4 Å². The molecule has 2 aromatic rings. The summed E-state index contributed by atoms with van der Waals surface area (Å²) in [6, 6.07) is 3.25. The largest absolute Gasteiger partial charge is 0.468 e. The second kappa shape index (κ2) is 7.38. The first-order valence-corrected chi connectivity index (χ1v) is 8.35. The molecule has 1 atom stereocenters. The Morgan fingerprint density at radius 2 is 2.19 bits per heavy atom. The van der Waals surface area contributed by atoms with E-state index in [1.54, 1.807) is 13.0 Å². The summed E-state index contributed by atoms with van der Waals surface area (Å²) in [5.41, 5.74) is 0. The van der Waals surface area contributed by atoms with Gasteiger partial charge in [0.25, 0.3) is 0 Å². The van der Waals surface area contributed by atoms with Crippen molar-refractivity contribution < 1.29 is 14.3 Å². The molecule has 0 radical (unpaired) electrons. The number of esters is 1. The highest BCUT2D eigenvalue weighted by Crippen LogP contribution is 2.29. The van der Waals surface area contributed by atoms with Crippen molar-refractivity contribution in [3.63, 3.8) is 0 Å². The van der Waals surface area contributed by atoms with E-state index in [-0.39, 0.29) is 17.3 Å². The Balaban J connectivity index is 1.88. The van der Waals surface area contributed by atoms with Gasteiger partial charge in [-0.25, -0.2) is 4.79 Å². The molecule has 2 rings (SSSR count). The van der Waals surface area contributed by atoms with Crippen LogP contribution in [-0.2, 0) is 9.53 Å². The molecule has 0 saturated heterocycles. The van der Waals surface area contributed by atoms with Crippen LogP contribution in [0.2, 0.25) is 0 Å². The fraction of sp³-hybridized carbons (Fsp3) is 0.273. The van der Waals surface area contributed by atoms with Crippen molar-refractivity contribution in [1.82, 2.24) is 10.2 Å². The first kappa shape index (κ1) is 15.7. The Labute approximate surface area is 133 Å². The van der Waals surface area contributed by atoms with Gasteiger partial charge in [-0.3, -0.25) is 15.4 Å². The molecule has 2 heterocycles. The number of methoxy groups -OCH3 is 1. The molecule has 0 aliphatic carbocycles. The van der Waals surface area contributed by atoms with Gasteiger partial charge in [0.2, 0.25) is 5.13 Å². The maximum Gasteiger partial charge on any atom is 0.326 e. The van der Waals surface area contributed by atoms with Gasteiger partial charge in [-0.1, -0.05) is 23.1 Å². The second-order valence-electron chi connectivity index (χ2n) is 3.71. The van der Waals surface area contributed by atoms with E-state index in [0.29, 0.717) is 9.47 Å². The number of thiophene rings is 1. The van der Waals surface area contributed by atoms with Crippen molar-refractivity contribution in [3.8, 4) is 0 Å². The summed E-state index contributed by atoms with van der Waals surface area (Å²) in [5, 5.41) is 15.6. The van der Waals surface area contributed by atoms with Crippen LogP contribution in [0.5, 0.6) is 0 Å². The summed E-state index contributed by atoms with van der Waals surface area (Å²) in [4.78, 5) is 23.0. The van der Waals surface area contributed by atoms with Gasteiger partial charge in [-0.05, 0) is 24.4 Å². The number of ether oxygens (including phenoxy) is 1. The Morgan fingerprint density at radius 3 is 2.86 bits per heavy atom. The zero-order valence-corrected chi connectivity index (χ0v) is 13.6. The van der Waals surface area contributed by atoms with Gasteiger partial charge in [0.05, 0.1) is 12.1 Å². The number of nitrogens with one attached hydrogen (secondary N) is 2. The SMILES string of the molecule is COC(=O)[C@H](C)Sc1nnc(NC(=O)Nc2cccs2)s1. The van der Waals surface area contributed by atoms with E-state index in [1.807, 2.05) is 11.4 Å². The summed E-state index contributed by atoms with van der Waals surface area (Å²) >= 11 is 3.85. The van der Waals surface area contributed by atoms with Crippen LogP contribution in [-0.4, -0.2) is 34.6 Å². The third-order valence-corrected chi connectivity index (χ3v) is 4.98. The Hall–Kier alpha value is -1.65. The van der Waals surface area contributed by atoms with Crippen molar-refractivity contribution in [2.45, 2.75) is 16.5 Å². The van der Waals surface area contributed by atoms with Gasteiger partial charge < -0.3 is 4.74 Å². The highest BCUT2D eigenvalue weighted by molar-refractivity contribution is 8.02. The molecular formula is C11H12N4O3S3. The maximum atomic E-state index is 11.7. The number of carbonyl (C=O) groups excluding carboxylic acids is 2. The van der Waals surface area contributed by atoms with E-state index in [2.05, 4.69) is 25.6 Å². The molecule has 0 spiro atoms. The quantitative estimate of drug-likeness (QED) is 0.492. The minimum atomic E-state index is -0.383. The molecule has 0 aliphatic heterocycles. The van der Waals surface area contributed by atoms with Gasteiger partial charge >= 0.3 is 12.0 Å². The van der Waals surface area contributed by atoms with E-state index in [9.17, 15) is 9.59 Å². The molecule has 2 amide bonds. The van der Waals surface area contributed by atoms with Crippen molar-refractivity contribution in [2.75, 3.05) is 17.7 Å². The van der Waals surface area contributed by atoms with Crippen LogP contribution in [0, 0.1) is 0 Å². The molecule has 21 heavy (non-hydrogen) atoms. The predicted molar refractivity (Wildman–Crippen MR) is 84.2 cm³/mol. The van der Waals surface area contributed by atoms with Crippen LogP contribution in [0.15, 0.2) is 21.9 Å². The van der Waals surface area contributed by atoms with E-state index in [4.69, 9.17) is 0 Å². The number of rotatable bonds is 5. The molecule has 2 N–H and O–H groups in total. The van der Waals surface area contributed by atoms with Crippen molar-refractivity contribution in [2.24, 2.45) is 0 Å². The zero-order valence-electron chi connectivity index (χ0n) is 11.2. The Kier molecular flexibility index (Phi) is 5.53. The molecular weight excluding hydrogens is 332 g/mol. The summed E-state index contributed by atoms with van der Waals surface area (Å²) < 4.78 is 5.22. The van der Waals surface area contributed by atoms with Crippen molar-refractivity contribution >= 4 is 56.6 Å². The van der Waals surface area contributed by atoms with E-state index >= 15 is 0 Å². The first-order chi connectivity index (χ1) is 10.1. The van der Waals surface area contributed by atoms with Gasteiger partial charge in [0.15, 0.2) is 4.34 Å². The topological polar surface area (TPSA) is 93.2 Å². The van der Waals surface area contributed by atoms with Crippen molar-refractivity contribution in [1.29, 1.82) is 0 Å². The van der Waals surface area contributed by atoms with Crippen LogP contribution in [0.25, 0.3) is 0 Å². The summed E-state index contributed by atoms with van der Waals surface area (Å²) in [6.07, 6.45) is 0. The highest BCUT2D eigenvalue weighted by atomic mass is 32.2. The molecule has 0 aliphatic rings. The molecule has 0 aromatic carbocycles. The predicted octanol–water partition coefficient (Wildman–Crippen LogP) is 2.90. The smallest absolute Gasteiger partial charge is 0.326 e. The monoisotopic (exact) mass is 344 g/mol. The lowest BCUT2D eigenvalue weighted by molar-refractivity contribution is -0.139. The molecule has 112 valence electrons. The van der Waals surface area contributed by atoms with Gasteiger partial charge in [0, 0.05) is 0 Å². The minimum Gasteiger partial charge on any atom is -0.468 e. The summed E-state index contributed by atoms with van der Waals surface area (Å²) in [7, 11) is 1.33. The molecule has 7 nitrogen and oxygen atoms in total. The summed E-state index contributed by atoms with van der Waals surface area (Å²) in [5.74, 6) is -0.333. The van der Waals surface area contributed by atoms with Gasteiger partial charge in [0.1, 0.15) is 5.25 Å². The number of carbonyl (C=O) groups is 2. The lowest BCUT2D eigenvalue weighted by Crippen LogP contribution is -2.18. The minimum absolute atomic E-state index is 0.333. The van der Waals surface area contributed by atoms with Crippen LogP contribution in [0.1, 0.15) is 6.92 Å². The first-order valence-electron chi connectivity index (χ1n) is 5.78. The van der Waals surface area contributed by atoms with Crippen LogP contribution < -0.4 is 10.6 Å². The van der Waals surface area contributed by atoms with Gasteiger partial charge in [-0.2, -0.15) is 0 Å². The standard InChI is InChI=1S/C11H12N4O3S3/c1-6(8(16)18-2)20-11-15-14-10(21-11)13-9(17)12-7-4-3-5-19-7/h3-6H,1-2H3,(H2,12,13,14,17)/t6-/m0/s1. The number of nitrogens with zero attached hydrogens (tertiary/aromatic N) is 2. The Bertz CT molecular complexity index is 614. The lowest BCUT2D eigenvalue weighted by Gasteiger charge is -2.04. The number of hydrogen-bond donors (Lipinski definition) is 2. The average molecular weight is 344 g/mol. The molecule has 0 bridgehead atoms. The van der Waals surface area contributed by atoms with E-state index in [1.165, 1.54) is 41.5 Å². The maximum absolute atomic E-state index is 11.7. The Morgan fingerprint density at radius 1 is 1.38 bits per heavy atom. The third-order valence-electron chi connectivity index (χ3n) is 2.20. The number of amides is 2. The molecule has 0 unspecified atom stereocenters. The number of urea groups is 1. The number of anilines is 2. The van der Waals surface area contributed by atoms with Crippen molar-refractivity contribution in [3.05, 3.63) is 17.5 Å². The average Bonchev–Trinajstić information content (AvgIpc) is 3.10. The van der Waals surface area contributed by atoms with E-state index in [0.717, 1.165) is 5.00 Å². The summed E-state index contributed by atoms with van der Waals surface area (Å²) in [6.45, 7) is 1.72. The van der Waals surface area contributed by atoms with E-state index < -0.39 is 0 Å². The molecule has 0 saturated carbocycles.